The highest BCUT2D eigenvalue weighted by Crippen LogP contribution is 2.15. The predicted octanol–water partition coefficient (Wildman–Crippen LogP) is 0.668. The second-order valence-corrected chi connectivity index (χ2v) is 4.48. The lowest BCUT2D eigenvalue weighted by atomic mass is 10.0. The number of rotatable bonds is 3. The van der Waals surface area contributed by atoms with E-state index in [0.717, 1.165) is 11.0 Å². The summed E-state index contributed by atoms with van der Waals surface area (Å²) in [4.78, 5) is 23.9. The van der Waals surface area contributed by atoms with E-state index in [1.165, 1.54) is 0 Å². The standard InChI is InChI=1S/C13H17N3O2/c1-8(14-2)12(17)9-5-6-10-11(7-9)16(4)13(18)15(10)3/h5-8,14H,1-4H3. The van der Waals surface area contributed by atoms with Crippen molar-refractivity contribution < 1.29 is 4.79 Å². The summed E-state index contributed by atoms with van der Waals surface area (Å²) < 4.78 is 3.13. The van der Waals surface area contributed by atoms with Crippen LogP contribution in [0.2, 0.25) is 0 Å². The fourth-order valence-corrected chi connectivity index (χ4v) is 2.04. The molecule has 0 aliphatic heterocycles. The van der Waals surface area contributed by atoms with Crippen LogP contribution in [0.5, 0.6) is 0 Å². The lowest BCUT2D eigenvalue weighted by molar-refractivity contribution is 0.0955. The van der Waals surface area contributed by atoms with E-state index in [2.05, 4.69) is 5.32 Å². The molecule has 5 heteroatoms. The smallest absolute Gasteiger partial charge is 0.310 e. The van der Waals surface area contributed by atoms with Gasteiger partial charge in [0.05, 0.1) is 17.1 Å². The van der Waals surface area contributed by atoms with Crippen LogP contribution in [0.1, 0.15) is 17.3 Å². The van der Waals surface area contributed by atoms with Gasteiger partial charge in [-0.3, -0.25) is 13.9 Å². The third-order valence-corrected chi connectivity index (χ3v) is 3.38. The molecule has 0 saturated carbocycles. The van der Waals surface area contributed by atoms with Gasteiger partial charge in [0, 0.05) is 19.7 Å². The summed E-state index contributed by atoms with van der Waals surface area (Å²) >= 11 is 0. The second-order valence-electron chi connectivity index (χ2n) is 4.48. The molecule has 0 aliphatic carbocycles. The Kier molecular flexibility index (Phi) is 3.09. The zero-order valence-corrected chi connectivity index (χ0v) is 11.0. The zero-order chi connectivity index (χ0) is 13.4. The number of nitrogens with zero attached hydrogens (tertiary/aromatic N) is 2. The van der Waals surface area contributed by atoms with Crippen molar-refractivity contribution in [1.29, 1.82) is 0 Å². The van der Waals surface area contributed by atoms with Crippen LogP contribution in [0.25, 0.3) is 11.0 Å². The number of benzene rings is 1. The van der Waals surface area contributed by atoms with Crippen LogP contribution >= 0.6 is 0 Å². The molecule has 0 saturated heterocycles. The number of likely N-dealkylation sites (N-methyl/N-ethyl adjacent to an activating group) is 1. The van der Waals surface area contributed by atoms with E-state index in [1.807, 2.05) is 13.0 Å². The maximum absolute atomic E-state index is 12.1. The zero-order valence-electron chi connectivity index (χ0n) is 11.0. The van der Waals surface area contributed by atoms with Gasteiger partial charge in [-0.2, -0.15) is 0 Å². The van der Waals surface area contributed by atoms with Gasteiger partial charge in [0.25, 0.3) is 0 Å². The van der Waals surface area contributed by atoms with Crippen molar-refractivity contribution in [2.24, 2.45) is 14.1 Å². The molecule has 0 aliphatic rings. The normalized spacial score (nSPS) is 12.9. The predicted molar refractivity (Wildman–Crippen MR) is 71.0 cm³/mol. The van der Waals surface area contributed by atoms with Gasteiger partial charge >= 0.3 is 5.69 Å². The molecule has 0 fully saturated rings. The van der Waals surface area contributed by atoms with E-state index in [9.17, 15) is 9.59 Å². The SMILES string of the molecule is CNC(C)C(=O)c1ccc2c(c1)n(C)c(=O)n2C. The molecule has 1 N–H and O–H groups in total. The summed E-state index contributed by atoms with van der Waals surface area (Å²) in [6.45, 7) is 1.82. The van der Waals surface area contributed by atoms with Crippen LogP contribution in [0.15, 0.2) is 23.0 Å². The first kappa shape index (κ1) is 12.6. The Hall–Kier alpha value is -1.88. The van der Waals surface area contributed by atoms with Crippen LogP contribution in [0, 0.1) is 0 Å². The van der Waals surface area contributed by atoms with E-state index >= 15 is 0 Å². The Labute approximate surface area is 105 Å². The Balaban J connectivity index is 2.61. The van der Waals surface area contributed by atoms with Crippen molar-refractivity contribution in [2.45, 2.75) is 13.0 Å². The fourth-order valence-electron chi connectivity index (χ4n) is 2.04. The van der Waals surface area contributed by atoms with Crippen molar-refractivity contribution in [3.05, 3.63) is 34.2 Å². The maximum atomic E-state index is 12.1. The number of carbonyl (C=O) groups excluding carboxylic acids is 1. The lowest BCUT2D eigenvalue weighted by Crippen LogP contribution is -2.30. The third kappa shape index (κ3) is 1.76. The molecule has 96 valence electrons. The van der Waals surface area contributed by atoms with Gasteiger partial charge in [0.1, 0.15) is 0 Å². The van der Waals surface area contributed by atoms with Gasteiger partial charge in [-0.15, -0.1) is 0 Å². The molecular weight excluding hydrogens is 230 g/mol. The maximum Gasteiger partial charge on any atom is 0.328 e. The quantitative estimate of drug-likeness (QED) is 0.811. The van der Waals surface area contributed by atoms with Crippen molar-refractivity contribution in [1.82, 2.24) is 14.5 Å². The summed E-state index contributed by atoms with van der Waals surface area (Å²) in [5, 5.41) is 2.92. The second kappa shape index (κ2) is 4.42. The number of nitrogens with one attached hydrogen (secondary N) is 1. The van der Waals surface area contributed by atoms with E-state index in [0.29, 0.717) is 5.56 Å². The fraction of sp³-hybridized carbons (Fsp3) is 0.385. The Morgan fingerprint density at radius 2 is 1.83 bits per heavy atom. The average Bonchev–Trinajstić information content (AvgIpc) is 2.61. The first-order valence-corrected chi connectivity index (χ1v) is 5.84. The van der Waals surface area contributed by atoms with E-state index < -0.39 is 0 Å². The number of Topliss-reactive ketones (excluding diaryl/α,β-unsaturated/α-hetero) is 1. The van der Waals surface area contributed by atoms with Gasteiger partial charge in [-0.05, 0) is 32.2 Å². The number of aromatic nitrogens is 2. The van der Waals surface area contributed by atoms with Crippen LogP contribution in [-0.4, -0.2) is 28.0 Å². The average molecular weight is 247 g/mol. The number of carbonyl (C=O) groups is 1. The number of fused-ring (bicyclic) bond motifs is 1. The lowest BCUT2D eigenvalue weighted by Gasteiger charge is -2.09. The number of hydrogen-bond acceptors (Lipinski definition) is 3. The summed E-state index contributed by atoms with van der Waals surface area (Å²) in [5.74, 6) is 0.0238. The molecule has 18 heavy (non-hydrogen) atoms. The highest BCUT2D eigenvalue weighted by atomic mass is 16.1. The van der Waals surface area contributed by atoms with E-state index in [1.54, 1.807) is 42.4 Å². The van der Waals surface area contributed by atoms with Gasteiger partial charge in [-0.1, -0.05) is 0 Å². The molecule has 1 heterocycles. The molecule has 0 spiro atoms. The van der Waals surface area contributed by atoms with Crippen molar-refractivity contribution in [2.75, 3.05) is 7.05 Å². The monoisotopic (exact) mass is 247 g/mol. The minimum Gasteiger partial charge on any atom is -0.310 e. The van der Waals surface area contributed by atoms with Crippen LogP contribution < -0.4 is 11.0 Å². The van der Waals surface area contributed by atoms with E-state index in [-0.39, 0.29) is 17.5 Å². The molecule has 2 rings (SSSR count). The number of hydrogen-bond donors (Lipinski definition) is 1. The molecule has 1 aromatic carbocycles. The molecular formula is C13H17N3O2. The minimum absolute atomic E-state index is 0.0238. The Bertz CT molecular complexity index is 667. The van der Waals surface area contributed by atoms with Crippen molar-refractivity contribution in [3.63, 3.8) is 0 Å². The van der Waals surface area contributed by atoms with Crippen LogP contribution in [-0.2, 0) is 14.1 Å². The van der Waals surface area contributed by atoms with Crippen LogP contribution in [0.4, 0.5) is 0 Å². The van der Waals surface area contributed by atoms with Gasteiger partial charge in [-0.25, -0.2) is 4.79 Å². The molecule has 1 atom stereocenters. The molecule has 0 bridgehead atoms. The third-order valence-electron chi connectivity index (χ3n) is 3.38. The number of aryl methyl sites for hydroxylation is 2. The van der Waals surface area contributed by atoms with Gasteiger partial charge < -0.3 is 5.32 Å². The highest BCUT2D eigenvalue weighted by molar-refractivity contribution is 6.02. The summed E-state index contributed by atoms with van der Waals surface area (Å²) in [6, 6.07) is 5.11. The minimum atomic E-state index is -0.233. The Morgan fingerprint density at radius 1 is 1.22 bits per heavy atom. The molecule has 0 amide bonds. The number of ketones is 1. The van der Waals surface area contributed by atoms with E-state index in [4.69, 9.17) is 0 Å². The summed E-state index contributed by atoms with van der Waals surface area (Å²) in [7, 11) is 5.18. The molecule has 5 nitrogen and oxygen atoms in total. The first-order chi connectivity index (χ1) is 8.47. The van der Waals surface area contributed by atoms with Crippen molar-refractivity contribution in [3.8, 4) is 0 Å². The highest BCUT2D eigenvalue weighted by Gasteiger charge is 2.15. The number of imidazole rings is 1. The Morgan fingerprint density at radius 3 is 2.44 bits per heavy atom. The largest absolute Gasteiger partial charge is 0.328 e. The topological polar surface area (TPSA) is 56.0 Å². The van der Waals surface area contributed by atoms with Gasteiger partial charge in [0.2, 0.25) is 0 Å². The van der Waals surface area contributed by atoms with Crippen molar-refractivity contribution >= 4 is 16.8 Å². The first-order valence-electron chi connectivity index (χ1n) is 5.84. The van der Waals surface area contributed by atoms with Gasteiger partial charge in [0.15, 0.2) is 5.78 Å². The molecule has 1 aromatic heterocycles. The summed E-state index contributed by atoms with van der Waals surface area (Å²) in [6.07, 6.45) is 0. The molecule has 1 unspecified atom stereocenters. The van der Waals surface area contributed by atoms with Crippen LogP contribution in [0.3, 0.4) is 0 Å². The summed E-state index contributed by atoms with van der Waals surface area (Å²) in [5.41, 5.74) is 2.13. The molecule has 2 aromatic rings. The molecule has 0 radical (unpaired) electrons.